The van der Waals surface area contributed by atoms with E-state index in [0.29, 0.717) is 29.8 Å². The molecule has 1 N–H and O–H groups in total. The molecule has 0 heterocycles. The predicted molar refractivity (Wildman–Crippen MR) is 83.1 cm³/mol. The summed E-state index contributed by atoms with van der Waals surface area (Å²) in [5.41, 5.74) is 0.882. The van der Waals surface area contributed by atoms with Gasteiger partial charge < -0.3 is 10.1 Å². The Kier molecular flexibility index (Phi) is 4.45. The van der Waals surface area contributed by atoms with Crippen LogP contribution in [0.3, 0.4) is 0 Å². The zero-order valence-electron chi connectivity index (χ0n) is 12.9. The quantitative estimate of drug-likeness (QED) is 0.526. The Morgan fingerprint density at radius 2 is 1.82 bits per heavy atom. The number of anilines is 1. The fourth-order valence-electron chi connectivity index (χ4n) is 2.50. The molecule has 0 atom stereocenters. The zero-order valence-corrected chi connectivity index (χ0v) is 12.9. The molecule has 0 aliphatic heterocycles. The molecule has 0 radical (unpaired) electrons. The SMILES string of the molecule is COc1ccc(C=O)cc1NC=C1C(=O)CC(C)(C)CC1=O. The third kappa shape index (κ3) is 3.42. The van der Waals surface area contributed by atoms with Crippen molar-refractivity contribution in [3.8, 4) is 5.75 Å². The lowest BCUT2D eigenvalue weighted by atomic mass is 9.74. The van der Waals surface area contributed by atoms with E-state index < -0.39 is 0 Å². The van der Waals surface area contributed by atoms with Gasteiger partial charge in [-0.25, -0.2) is 0 Å². The summed E-state index contributed by atoms with van der Waals surface area (Å²) in [6.45, 7) is 3.81. The Morgan fingerprint density at radius 1 is 1.18 bits per heavy atom. The summed E-state index contributed by atoms with van der Waals surface area (Å²) >= 11 is 0. The van der Waals surface area contributed by atoms with Gasteiger partial charge in [0.25, 0.3) is 0 Å². The first-order chi connectivity index (χ1) is 10.4. The first-order valence-corrected chi connectivity index (χ1v) is 7.02. The van der Waals surface area contributed by atoms with Gasteiger partial charge in [0, 0.05) is 24.6 Å². The molecule has 2 rings (SSSR count). The molecule has 22 heavy (non-hydrogen) atoms. The van der Waals surface area contributed by atoms with Gasteiger partial charge in [0.05, 0.1) is 18.4 Å². The number of aldehydes is 1. The number of methoxy groups -OCH3 is 1. The van der Waals surface area contributed by atoms with E-state index in [1.165, 1.54) is 13.3 Å². The van der Waals surface area contributed by atoms with Crippen LogP contribution in [0.15, 0.2) is 30.0 Å². The van der Waals surface area contributed by atoms with Crippen molar-refractivity contribution in [2.24, 2.45) is 5.41 Å². The Bertz CT molecular complexity index is 637. The fraction of sp³-hybridized carbons (Fsp3) is 0.353. The minimum Gasteiger partial charge on any atom is -0.495 e. The van der Waals surface area contributed by atoms with Gasteiger partial charge in [-0.1, -0.05) is 13.8 Å². The number of Topliss-reactive ketones (excluding diaryl/α,β-unsaturated/α-hetero) is 2. The molecule has 0 saturated heterocycles. The summed E-state index contributed by atoms with van der Waals surface area (Å²) in [5.74, 6) is 0.192. The second-order valence-electron chi connectivity index (χ2n) is 6.14. The first-order valence-electron chi connectivity index (χ1n) is 7.02. The molecule has 1 aromatic carbocycles. The van der Waals surface area contributed by atoms with Crippen molar-refractivity contribution in [2.75, 3.05) is 12.4 Å². The van der Waals surface area contributed by atoms with Gasteiger partial charge in [-0.05, 0) is 23.6 Å². The van der Waals surface area contributed by atoms with Crippen LogP contribution in [-0.4, -0.2) is 25.0 Å². The Balaban J connectivity index is 2.26. The van der Waals surface area contributed by atoms with Gasteiger partial charge in [-0.15, -0.1) is 0 Å². The number of ketones is 2. The van der Waals surface area contributed by atoms with Gasteiger partial charge >= 0.3 is 0 Å². The maximum atomic E-state index is 12.1. The number of allylic oxidation sites excluding steroid dienone is 1. The van der Waals surface area contributed by atoms with Crippen LogP contribution in [0.1, 0.15) is 37.0 Å². The van der Waals surface area contributed by atoms with Gasteiger partial charge in [-0.3, -0.25) is 14.4 Å². The maximum Gasteiger partial charge on any atom is 0.168 e. The average Bonchev–Trinajstić information content (AvgIpc) is 2.44. The molecule has 1 fully saturated rings. The number of carbonyl (C=O) groups is 3. The minimum absolute atomic E-state index is 0.165. The summed E-state index contributed by atoms with van der Waals surface area (Å²) < 4.78 is 5.19. The number of hydrogen-bond acceptors (Lipinski definition) is 5. The highest BCUT2D eigenvalue weighted by atomic mass is 16.5. The van der Waals surface area contributed by atoms with Gasteiger partial charge in [-0.2, -0.15) is 0 Å². The van der Waals surface area contributed by atoms with Crippen molar-refractivity contribution in [3.63, 3.8) is 0 Å². The van der Waals surface area contributed by atoms with Crippen molar-refractivity contribution in [3.05, 3.63) is 35.5 Å². The van der Waals surface area contributed by atoms with Gasteiger partial charge in [0.15, 0.2) is 11.6 Å². The number of rotatable bonds is 4. The molecule has 1 saturated carbocycles. The minimum atomic E-state index is -0.291. The van der Waals surface area contributed by atoms with Crippen molar-refractivity contribution in [1.82, 2.24) is 0 Å². The second kappa shape index (κ2) is 6.13. The highest BCUT2D eigenvalue weighted by Crippen LogP contribution is 2.34. The molecule has 0 bridgehead atoms. The van der Waals surface area contributed by atoms with Crippen molar-refractivity contribution < 1.29 is 19.1 Å². The zero-order chi connectivity index (χ0) is 16.3. The molecule has 0 amide bonds. The van der Waals surface area contributed by atoms with Gasteiger partial charge in [0.1, 0.15) is 12.0 Å². The summed E-state index contributed by atoms with van der Waals surface area (Å²) in [6, 6.07) is 4.88. The Hall–Kier alpha value is -2.43. The maximum absolute atomic E-state index is 12.1. The monoisotopic (exact) mass is 301 g/mol. The highest BCUT2D eigenvalue weighted by Gasteiger charge is 2.35. The van der Waals surface area contributed by atoms with E-state index in [2.05, 4.69) is 5.32 Å². The van der Waals surface area contributed by atoms with Crippen molar-refractivity contribution >= 4 is 23.5 Å². The van der Waals surface area contributed by atoms with Crippen LogP contribution in [0.5, 0.6) is 5.75 Å². The smallest absolute Gasteiger partial charge is 0.168 e. The molecule has 0 spiro atoms. The average molecular weight is 301 g/mol. The number of ether oxygens (including phenoxy) is 1. The van der Waals surface area contributed by atoms with Crippen LogP contribution in [0.4, 0.5) is 5.69 Å². The first kappa shape index (κ1) is 15.9. The van der Waals surface area contributed by atoms with Crippen LogP contribution < -0.4 is 10.1 Å². The molecule has 0 unspecified atom stereocenters. The third-order valence-corrected chi connectivity index (χ3v) is 3.61. The molecule has 1 aliphatic rings. The lowest BCUT2D eigenvalue weighted by Gasteiger charge is -2.28. The number of benzene rings is 1. The number of nitrogens with one attached hydrogen (secondary N) is 1. The van der Waals surface area contributed by atoms with Crippen molar-refractivity contribution in [2.45, 2.75) is 26.7 Å². The van der Waals surface area contributed by atoms with E-state index in [1.54, 1.807) is 18.2 Å². The molecule has 1 aliphatic carbocycles. The third-order valence-electron chi connectivity index (χ3n) is 3.61. The van der Waals surface area contributed by atoms with E-state index in [4.69, 9.17) is 4.74 Å². The summed E-state index contributed by atoms with van der Waals surface area (Å²) in [7, 11) is 1.51. The predicted octanol–water partition coefficient (Wildman–Crippen LogP) is 2.76. The fourth-order valence-corrected chi connectivity index (χ4v) is 2.50. The van der Waals surface area contributed by atoms with E-state index in [-0.39, 0.29) is 22.6 Å². The molecule has 5 nitrogen and oxygen atoms in total. The van der Waals surface area contributed by atoms with Crippen LogP contribution in [-0.2, 0) is 9.59 Å². The summed E-state index contributed by atoms with van der Waals surface area (Å²) in [4.78, 5) is 35.1. The van der Waals surface area contributed by atoms with Crippen molar-refractivity contribution in [1.29, 1.82) is 0 Å². The molecule has 5 heteroatoms. The van der Waals surface area contributed by atoms with E-state index >= 15 is 0 Å². The van der Waals surface area contributed by atoms with Gasteiger partial charge in [0.2, 0.25) is 0 Å². The summed E-state index contributed by atoms with van der Waals surface area (Å²) in [5, 5.41) is 2.91. The molecule has 0 aromatic heterocycles. The number of hydrogen-bond donors (Lipinski definition) is 1. The lowest BCUT2D eigenvalue weighted by molar-refractivity contribution is -0.127. The standard InChI is InChI=1S/C17H19NO4/c1-17(2)7-14(20)12(15(21)8-17)9-18-13-6-11(10-19)4-5-16(13)22-3/h4-6,9-10,18H,7-8H2,1-3H3. The van der Waals surface area contributed by atoms with E-state index in [1.807, 2.05) is 13.8 Å². The van der Waals surface area contributed by atoms with Crippen LogP contribution in [0, 0.1) is 5.41 Å². The Morgan fingerprint density at radius 3 is 2.36 bits per heavy atom. The summed E-state index contributed by atoms with van der Waals surface area (Å²) in [6.07, 6.45) is 2.82. The second-order valence-corrected chi connectivity index (χ2v) is 6.14. The molecular formula is C17H19NO4. The van der Waals surface area contributed by atoms with E-state index in [0.717, 1.165) is 6.29 Å². The highest BCUT2D eigenvalue weighted by molar-refractivity contribution is 6.22. The largest absolute Gasteiger partial charge is 0.495 e. The normalized spacial score (nSPS) is 17.1. The topological polar surface area (TPSA) is 72.5 Å². The lowest BCUT2D eigenvalue weighted by Crippen LogP contribution is -2.31. The van der Waals surface area contributed by atoms with Crippen LogP contribution in [0.25, 0.3) is 0 Å². The molecule has 116 valence electrons. The van der Waals surface area contributed by atoms with E-state index in [9.17, 15) is 14.4 Å². The number of carbonyl (C=O) groups excluding carboxylic acids is 3. The Labute approximate surface area is 129 Å². The van der Waals surface area contributed by atoms with Crippen LogP contribution in [0.2, 0.25) is 0 Å². The molecular weight excluding hydrogens is 282 g/mol. The molecule has 1 aromatic rings. The van der Waals surface area contributed by atoms with Crippen LogP contribution >= 0.6 is 0 Å².